The van der Waals surface area contributed by atoms with Crippen LogP contribution in [-0.2, 0) is 21.4 Å². The van der Waals surface area contributed by atoms with E-state index in [1.165, 1.54) is 4.31 Å². The first kappa shape index (κ1) is 22.5. The maximum Gasteiger partial charge on any atom is 0.243 e. The first-order valence-electron chi connectivity index (χ1n) is 10.4. The molecule has 2 aromatic carbocycles. The van der Waals surface area contributed by atoms with Crippen LogP contribution in [0.25, 0.3) is 0 Å². The highest BCUT2D eigenvalue weighted by Crippen LogP contribution is 2.22. The smallest absolute Gasteiger partial charge is 0.243 e. The van der Waals surface area contributed by atoms with Crippen LogP contribution >= 0.6 is 0 Å². The molecule has 0 aromatic heterocycles. The van der Waals surface area contributed by atoms with Gasteiger partial charge < -0.3 is 10.2 Å². The van der Waals surface area contributed by atoms with Crippen molar-refractivity contribution in [1.29, 1.82) is 0 Å². The number of hydrogen-bond acceptors (Lipinski definition) is 4. The highest BCUT2D eigenvalue weighted by molar-refractivity contribution is 7.89. The summed E-state index contributed by atoms with van der Waals surface area (Å²) in [5.74, 6) is 0.158. The molecular weight excluding hydrogens is 398 g/mol. The van der Waals surface area contributed by atoms with Crippen LogP contribution in [-0.4, -0.2) is 56.3 Å². The Morgan fingerprint density at radius 2 is 1.77 bits per heavy atom. The molecule has 1 aliphatic rings. The number of aryl methyl sites for hydroxylation is 1. The lowest BCUT2D eigenvalue weighted by Crippen LogP contribution is -2.50. The van der Waals surface area contributed by atoms with E-state index < -0.39 is 10.0 Å². The molecule has 0 atom stereocenters. The summed E-state index contributed by atoms with van der Waals surface area (Å²) in [6.07, 6.45) is 0. The molecule has 3 rings (SSSR count). The third-order valence-corrected chi connectivity index (χ3v) is 7.21. The molecule has 0 aliphatic carbocycles. The molecule has 1 saturated heterocycles. The average molecular weight is 430 g/mol. The highest BCUT2D eigenvalue weighted by atomic mass is 32.2. The second-order valence-corrected chi connectivity index (χ2v) is 10.1. The van der Waals surface area contributed by atoms with Gasteiger partial charge in [0.2, 0.25) is 15.9 Å². The summed E-state index contributed by atoms with van der Waals surface area (Å²) in [4.78, 5) is 14.8. The minimum Gasteiger partial charge on any atom is -0.339 e. The van der Waals surface area contributed by atoms with Crippen LogP contribution in [0.5, 0.6) is 0 Å². The van der Waals surface area contributed by atoms with Crippen LogP contribution in [0.3, 0.4) is 0 Å². The fourth-order valence-corrected chi connectivity index (χ4v) is 4.96. The fraction of sp³-hybridized carbons (Fsp3) is 0.435. The van der Waals surface area contributed by atoms with Crippen molar-refractivity contribution < 1.29 is 13.2 Å². The minimum atomic E-state index is -3.82. The average Bonchev–Trinajstić information content (AvgIpc) is 2.74. The van der Waals surface area contributed by atoms with Crippen molar-refractivity contribution in [3.8, 4) is 0 Å². The van der Waals surface area contributed by atoms with Gasteiger partial charge in [-0.3, -0.25) is 4.79 Å². The molecule has 0 spiro atoms. The number of nitrogens with zero attached hydrogens (tertiary/aromatic N) is 2. The Morgan fingerprint density at radius 1 is 1.10 bits per heavy atom. The lowest BCUT2D eigenvalue weighted by atomic mass is 10.0. The van der Waals surface area contributed by atoms with E-state index in [0.717, 1.165) is 29.8 Å². The first-order valence-corrected chi connectivity index (χ1v) is 11.9. The van der Waals surface area contributed by atoms with Crippen molar-refractivity contribution in [2.45, 2.75) is 38.1 Å². The lowest BCUT2D eigenvalue weighted by Gasteiger charge is -2.30. The summed E-state index contributed by atoms with van der Waals surface area (Å²) in [7, 11) is -3.82. The molecule has 2 aromatic rings. The number of carbonyl (C=O) groups is 1. The summed E-state index contributed by atoms with van der Waals surface area (Å²) >= 11 is 0. The normalized spacial score (nSPS) is 15.0. The van der Waals surface area contributed by atoms with Gasteiger partial charge in [0.05, 0.1) is 11.4 Å². The van der Waals surface area contributed by atoms with Gasteiger partial charge in [-0.25, -0.2) is 8.42 Å². The SMILES string of the molecule is Cc1cccc(CN(CC(=O)N2CCNCC2)S(=O)(=O)c2ccc(C(C)C)cc2)c1. The van der Waals surface area contributed by atoms with Gasteiger partial charge in [-0.2, -0.15) is 4.31 Å². The highest BCUT2D eigenvalue weighted by Gasteiger charge is 2.29. The van der Waals surface area contributed by atoms with Crippen LogP contribution in [0.2, 0.25) is 0 Å². The van der Waals surface area contributed by atoms with Crippen LogP contribution in [0, 0.1) is 6.92 Å². The monoisotopic (exact) mass is 429 g/mol. The van der Waals surface area contributed by atoms with E-state index in [4.69, 9.17) is 0 Å². The number of carbonyl (C=O) groups excluding carboxylic acids is 1. The van der Waals surface area contributed by atoms with E-state index in [2.05, 4.69) is 19.2 Å². The van der Waals surface area contributed by atoms with Gasteiger partial charge in [-0.1, -0.05) is 55.8 Å². The Hall–Kier alpha value is -2.22. The van der Waals surface area contributed by atoms with E-state index in [1.54, 1.807) is 17.0 Å². The molecule has 0 saturated carbocycles. The number of hydrogen-bond donors (Lipinski definition) is 1. The van der Waals surface area contributed by atoms with E-state index in [9.17, 15) is 13.2 Å². The van der Waals surface area contributed by atoms with Crippen LogP contribution in [0.15, 0.2) is 53.4 Å². The van der Waals surface area contributed by atoms with Crippen LogP contribution in [0.1, 0.15) is 36.5 Å². The largest absolute Gasteiger partial charge is 0.339 e. The Kier molecular flexibility index (Phi) is 7.28. The molecule has 1 amide bonds. The first-order chi connectivity index (χ1) is 14.3. The maximum atomic E-state index is 13.5. The number of nitrogens with one attached hydrogen (secondary N) is 1. The van der Waals surface area contributed by atoms with Gasteiger partial charge in [0.15, 0.2) is 0 Å². The predicted molar refractivity (Wildman–Crippen MR) is 119 cm³/mol. The zero-order valence-electron chi connectivity index (χ0n) is 18.0. The molecule has 0 radical (unpaired) electrons. The van der Waals surface area contributed by atoms with E-state index in [0.29, 0.717) is 19.0 Å². The number of rotatable bonds is 7. The molecule has 0 bridgehead atoms. The number of amides is 1. The molecule has 1 fully saturated rings. The van der Waals surface area contributed by atoms with E-state index in [-0.39, 0.29) is 23.9 Å². The molecule has 0 unspecified atom stereocenters. The quantitative estimate of drug-likeness (QED) is 0.735. The van der Waals surface area contributed by atoms with E-state index in [1.807, 2.05) is 43.3 Å². The van der Waals surface area contributed by atoms with Gasteiger partial charge >= 0.3 is 0 Å². The molecule has 162 valence electrons. The molecule has 7 heteroatoms. The number of piperazine rings is 1. The van der Waals surface area contributed by atoms with Crippen molar-refractivity contribution in [1.82, 2.24) is 14.5 Å². The molecule has 30 heavy (non-hydrogen) atoms. The van der Waals surface area contributed by atoms with Crippen molar-refractivity contribution >= 4 is 15.9 Å². The third-order valence-electron chi connectivity index (χ3n) is 5.41. The molecule has 1 heterocycles. The third kappa shape index (κ3) is 5.47. The van der Waals surface area contributed by atoms with Crippen LogP contribution < -0.4 is 5.32 Å². The summed E-state index contributed by atoms with van der Waals surface area (Å²) in [6, 6.07) is 14.7. The van der Waals surface area contributed by atoms with Gasteiger partial charge in [0.25, 0.3) is 0 Å². The van der Waals surface area contributed by atoms with Gasteiger partial charge in [-0.15, -0.1) is 0 Å². The number of sulfonamides is 1. The molecule has 1 N–H and O–H groups in total. The zero-order valence-corrected chi connectivity index (χ0v) is 18.8. The minimum absolute atomic E-state index is 0.160. The second-order valence-electron chi connectivity index (χ2n) is 8.12. The predicted octanol–water partition coefficient (Wildman–Crippen LogP) is 2.74. The maximum absolute atomic E-state index is 13.5. The Morgan fingerprint density at radius 3 is 2.37 bits per heavy atom. The van der Waals surface area contributed by atoms with E-state index >= 15 is 0 Å². The molecule has 1 aliphatic heterocycles. The van der Waals surface area contributed by atoms with Crippen LogP contribution in [0.4, 0.5) is 0 Å². The van der Waals surface area contributed by atoms with Gasteiger partial charge in [0, 0.05) is 32.7 Å². The van der Waals surface area contributed by atoms with Crippen molar-refractivity contribution in [3.05, 3.63) is 65.2 Å². The Labute approximate surface area is 179 Å². The van der Waals surface area contributed by atoms with Gasteiger partial charge in [0.1, 0.15) is 0 Å². The molecular formula is C23H31N3O3S. The fourth-order valence-electron chi connectivity index (χ4n) is 3.58. The molecule has 6 nitrogen and oxygen atoms in total. The Bertz CT molecular complexity index is 965. The summed E-state index contributed by atoms with van der Waals surface area (Å²) in [5.41, 5.74) is 3.00. The summed E-state index contributed by atoms with van der Waals surface area (Å²) < 4.78 is 28.2. The topological polar surface area (TPSA) is 69.7 Å². The van der Waals surface area contributed by atoms with Crippen molar-refractivity contribution in [2.24, 2.45) is 0 Å². The van der Waals surface area contributed by atoms with Crippen molar-refractivity contribution in [3.63, 3.8) is 0 Å². The number of benzene rings is 2. The second kappa shape index (κ2) is 9.73. The van der Waals surface area contributed by atoms with Crippen molar-refractivity contribution in [2.75, 3.05) is 32.7 Å². The Balaban J connectivity index is 1.89. The summed E-state index contributed by atoms with van der Waals surface area (Å²) in [6.45, 7) is 8.76. The lowest BCUT2D eigenvalue weighted by molar-refractivity contribution is -0.132. The zero-order chi connectivity index (χ0) is 21.7. The summed E-state index contributed by atoms with van der Waals surface area (Å²) in [5, 5.41) is 3.21. The standard InChI is InChI=1S/C23H31N3O3S/c1-18(2)21-7-9-22(10-8-21)30(28,29)26(16-20-6-4-5-19(3)15-20)17-23(27)25-13-11-24-12-14-25/h4-10,15,18,24H,11-14,16-17H2,1-3H3. The van der Waals surface area contributed by atoms with Gasteiger partial charge in [-0.05, 0) is 36.1 Å².